The molecule has 196 valence electrons. The standard InChI is InChI=1S/C27H32ClF3N2O3/c1-7-34-24-23(16(3)4)32-25(35-8-2)26(6,33-24)17(5)21-13-12-20(15-22(21)28)36-19-11-9-10-18(14-19)27(29,30)31/h9-17,23H,7-8H2,1-6H3/t17?,23-,26+/m0/s1. The number of aliphatic imine (C=N–C) groups is 2. The Morgan fingerprint density at radius 2 is 1.67 bits per heavy atom. The number of hydrogen-bond acceptors (Lipinski definition) is 5. The summed E-state index contributed by atoms with van der Waals surface area (Å²) in [5, 5.41) is 0.392. The van der Waals surface area contributed by atoms with Gasteiger partial charge in [0, 0.05) is 10.9 Å². The van der Waals surface area contributed by atoms with Crippen LogP contribution < -0.4 is 4.74 Å². The molecule has 1 aliphatic heterocycles. The minimum atomic E-state index is -4.46. The van der Waals surface area contributed by atoms with Gasteiger partial charge in [-0.3, -0.25) is 0 Å². The van der Waals surface area contributed by atoms with E-state index in [2.05, 4.69) is 13.8 Å². The molecule has 9 heteroatoms. The fraction of sp³-hybridized carbons (Fsp3) is 0.481. The van der Waals surface area contributed by atoms with Gasteiger partial charge >= 0.3 is 6.18 Å². The van der Waals surface area contributed by atoms with E-state index >= 15 is 0 Å². The van der Waals surface area contributed by atoms with Gasteiger partial charge in [0.1, 0.15) is 23.1 Å². The maximum Gasteiger partial charge on any atom is 0.416 e. The lowest BCUT2D eigenvalue weighted by molar-refractivity contribution is -0.137. The first-order valence-corrected chi connectivity index (χ1v) is 12.4. The molecule has 1 heterocycles. The quantitative estimate of drug-likeness (QED) is 0.369. The van der Waals surface area contributed by atoms with E-state index in [1.165, 1.54) is 12.1 Å². The zero-order valence-corrected chi connectivity index (χ0v) is 22.1. The van der Waals surface area contributed by atoms with Crippen molar-refractivity contribution in [2.45, 2.75) is 65.2 Å². The van der Waals surface area contributed by atoms with Gasteiger partial charge in [-0.05, 0) is 62.6 Å². The summed E-state index contributed by atoms with van der Waals surface area (Å²) in [6, 6.07) is 9.50. The number of rotatable bonds is 7. The van der Waals surface area contributed by atoms with Gasteiger partial charge in [0.05, 0.1) is 18.8 Å². The van der Waals surface area contributed by atoms with Gasteiger partial charge in [-0.1, -0.05) is 44.5 Å². The smallest absolute Gasteiger partial charge is 0.416 e. The van der Waals surface area contributed by atoms with E-state index in [0.717, 1.165) is 17.7 Å². The monoisotopic (exact) mass is 524 g/mol. The number of alkyl halides is 3. The molecule has 0 saturated heterocycles. The summed E-state index contributed by atoms with van der Waals surface area (Å²) in [5.74, 6) is 1.37. The molecule has 3 rings (SSSR count). The Bertz CT molecular complexity index is 1130. The average molecular weight is 525 g/mol. The highest BCUT2D eigenvalue weighted by atomic mass is 35.5. The van der Waals surface area contributed by atoms with Gasteiger partial charge < -0.3 is 14.2 Å². The molecule has 0 fully saturated rings. The van der Waals surface area contributed by atoms with E-state index < -0.39 is 17.3 Å². The maximum atomic E-state index is 13.0. The first-order chi connectivity index (χ1) is 16.9. The van der Waals surface area contributed by atoms with E-state index in [-0.39, 0.29) is 23.6 Å². The molecular weight excluding hydrogens is 493 g/mol. The second-order valence-electron chi connectivity index (χ2n) is 9.12. The van der Waals surface area contributed by atoms with Gasteiger partial charge in [-0.2, -0.15) is 13.2 Å². The van der Waals surface area contributed by atoms with E-state index in [1.54, 1.807) is 18.2 Å². The molecule has 0 amide bonds. The Balaban J connectivity index is 1.93. The third kappa shape index (κ3) is 5.97. The molecule has 2 aromatic carbocycles. The van der Waals surface area contributed by atoms with Crippen LogP contribution in [0.1, 0.15) is 58.6 Å². The fourth-order valence-electron chi connectivity index (χ4n) is 4.05. The Hall–Kier alpha value is -2.74. The van der Waals surface area contributed by atoms with Crippen molar-refractivity contribution in [2.75, 3.05) is 13.2 Å². The summed E-state index contributed by atoms with van der Waals surface area (Å²) in [5.41, 5.74) is -0.892. The summed E-state index contributed by atoms with van der Waals surface area (Å²) in [6.07, 6.45) is -4.46. The molecule has 5 nitrogen and oxygen atoms in total. The van der Waals surface area contributed by atoms with Crippen LogP contribution in [-0.4, -0.2) is 36.6 Å². The zero-order valence-electron chi connectivity index (χ0n) is 21.3. The summed E-state index contributed by atoms with van der Waals surface area (Å²) < 4.78 is 56.6. The highest BCUT2D eigenvalue weighted by Crippen LogP contribution is 2.41. The van der Waals surface area contributed by atoms with Crippen molar-refractivity contribution in [3.8, 4) is 11.5 Å². The summed E-state index contributed by atoms with van der Waals surface area (Å²) >= 11 is 6.66. The molecule has 0 N–H and O–H groups in total. The summed E-state index contributed by atoms with van der Waals surface area (Å²) in [7, 11) is 0. The molecule has 2 aromatic rings. The number of ether oxygens (including phenoxy) is 3. The normalized spacial score (nSPS) is 21.0. The average Bonchev–Trinajstić information content (AvgIpc) is 2.80. The molecule has 0 aliphatic carbocycles. The highest BCUT2D eigenvalue weighted by molar-refractivity contribution is 6.31. The van der Waals surface area contributed by atoms with Crippen LogP contribution >= 0.6 is 11.6 Å². The molecule has 1 unspecified atom stereocenters. The van der Waals surface area contributed by atoms with Crippen molar-refractivity contribution in [1.82, 2.24) is 0 Å². The number of halogens is 4. The number of hydrogen-bond donors (Lipinski definition) is 0. The van der Waals surface area contributed by atoms with Gasteiger partial charge in [-0.15, -0.1) is 0 Å². The first-order valence-electron chi connectivity index (χ1n) is 12.0. The van der Waals surface area contributed by atoms with Crippen LogP contribution in [0.2, 0.25) is 5.02 Å². The lowest BCUT2D eigenvalue weighted by Gasteiger charge is -2.38. The van der Waals surface area contributed by atoms with Crippen LogP contribution in [0, 0.1) is 5.92 Å². The van der Waals surface area contributed by atoms with Crippen molar-refractivity contribution in [3.63, 3.8) is 0 Å². The van der Waals surface area contributed by atoms with E-state index in [1.807, 2.05) is 27.7 Å². The van der Waals surface area contributed by atoms with Crippen LogP contribution in [0.15, 0.2) is 52.4 Å². The van der Waals surface area contributed by atoms with Crippen LogP contribution in [0.5, 0.6) is 11.5 Å². The van der Waals surface area contributed by atoms with E-state index in [4.69, 9.17) is 35.8 Å². The van der Waals surface area contributed by atoms with Crippen LogP contribution in [0.25, 0.3) is 0 Å². The molecule has 1 aliphatic rings. The largest absolute Gasteiger partial charge is 0.480 e. The number of nitrogens with zero attached hydrogens (tertiary/aromatic N) is 2. The Morgan fingerprint density at radius 1 is 1.00 bits per heavy atom. The second-order valence-corrected chi connectivity index (χ2v) is 9.53. The molecule has 0 aromatic heterocycles. The summed E-state index contributed by atoms with van der Waals surface area (Å²) in [4.78, 5) is 9.87. The van der Waals surface area contributed by atoms with E-state index in [0.29, 0.717) is 35.8 Å². The van der Waals surface area contributed by atoms with Crippen LogP contribution in [0.3, 0.4) is 0 Å². The van der Waals surface area contributed by atoms with Gasteiger partial charge in [0.2, 0.25) is 11.8 Å². The number of benzene rings is 2. The first kappa shape index (κ1) is 27.8. The third-order valence-electron chi connectivity index (χ3n) is 6.17. The van der Waals surface area contributed by atoms with Gasteiger partial charge in [0.25, 0.3) is 0 Å². The molecular formula is C27H32ClF3N2O3. The molecule has 0 saturated carbocycles. The van der Waals surface area contributed by atoms with Crippen LogP contribution in [0.4, 0.5) is 13.2 Å². The minimum Gasteiger partial charge on any atom is -0.480 e. The lowest BCUT2D eigenvalue weighted by atomic mass is 9.80. The summed E-state index contributed by atoms with van der Waals surface area (Å²) in [6.45, 7) is 12.7. The Morgan fingerprint density at radius 3 is 2.25 bits per heavy atom. The Labute approximate surface area is 215 Å². The van der Waals surface area contributed by atoms with Crippen molar-refractivity contribution >= 4 is 23.4 Å². The molecule has 0 bridgehead atoms. The SMILES string of the molecule is CCOC1=N[C@](C)(C(C)c2ccc(Oc3cccc(C(F)(F)F)c3)cc2Cl)C(OCC)=N[C@H]1C(C)C. The molecule has 36 heavy (non-hydrogen) atoms. The maximum absolute atomic E-state index is 13.0. The minimum absolute atomic E-state index is 0.0670. The lowest BCUT2D eigenvalue weighted by Crippen LogP contribution is -2.48. The van der Waals surface area contributed by atoms with Gasteiger partial charge in [-0.25, -0.2) is 9.98 Å². The van der Waals surface area contributed by atoms with Gasteiger partial charge in [0.15, 0.2) is 0 Å². The predicted octanol–water partition coefficient (Wildman–Crippen LogP) is 7.92. The van der Waals surface area contributed by atoms with Crippen molar-refractivity contribution in [1.29, 1.82) is 0 Å². The van der Waals surface area contributed by atoms with E-state index in [9.17, 15) is 13.2 Å². The van der Waals surface area contributed by atoms with Crippen LogP contribution in [-0.2, 0) is 15.7 Å². The second kappa shape index (κ2) is 11.1. The zero-order chi connectivity index (χ0) is 26.7. The molecule has 0 spiro atoms. The van der Waals surface area contributed by atoms with Crippen molar-refractivity contribution in [3.05, 3.63) is 58.6 Å². The topological polar surface area (TPSA) is 52.4 Å². The Kier molecular flexibility index (Phi) is 8.59. The molecule has 0 radical (unpaired) electrons. The highest BCUT2D eigenvalue weighted by Gasteiger charge is 2.45. The van der Waals surface area contributed by atoms with Crippen molar-refractivity contribution in [2.24, 2.45) is 15.9 Å². The third-order valence-corrected chi connectivity index (χ3v) is 6.50. The molecule has 3 atom stereocenters. The fourth-order valence-corrected chi connectivity index (χ4v) is 4.39. The predicted molar refractivity (Wildman–Crippen MR) is 137 cm³/mol. The van der Waals surface area contributed by atoms with Crippen molar-refractivity contribution < 1.29 is 27.4 Å².